The lowest BCUT2D eigenvalue weighted by molar-refractivity contribution is -0.147. The van der Waals surface area contributed by atoms with E-state index in [1.807, 2.05) is 17.0 Å². The van der Waals surface area contributed by atoms with Gasteiger partial charge in [0.15, 0.2) is 0 Å². The number of aryl methyl sites for hydroxylation is 1. The van der Waals surface area contributed by atoms with Crippen molar-refractivity contribution in [1.82, 2.24) is 4.90 Å². The number of likely N-dealkylation sites (tertiary alicyclic amines) is 1. The summed E-state index contributed by atoms with van der Waals surface area (Å²) in [7, 11) is 0. The van der Waals surface area contributed by atoms with Crippen LogP contribution in [0.2, 0.25) is 0 Å². The van der Waals surface area contributed by atoms with Crippen molar-refractivity contribution in [3.8, 4) is 0 Å². The molecule has 0 bridgehead atoms. The molecule has 4 atom stereocenters. The molecule has 5 N–H and O–H groups in total. The Morgan fingerprint density at radius 2 is 1.67 bits per heavy atom. The normalized spacial score (nSPS) is 28.2. The topological polar surface area (TPSA) is 109 Å². The van der Waals surface area contributed by atoms with Gasteiger partial charge in [-0.3, -0.25) is 4.90 Å². The lowest BCUT2D eigenvalue weighted by Gasteiger charge is -2.48. The molecular weight excluding hydrogens is 458 g/mol. The first-order valence-corrected chi connectivity index (χ1v) is 13.0. The zero-order valence-electron chi connectivity index (χ0n) is 21.0. The molecule has 2 aromatic carbocycles. The molecule has 36 heavy (non-hydrogen) atoms. The van der Waals surface area contributed by atoms with Gasteiger partial charge in [0.25, 0.3) is 0 Å². The van der Waals surface area contributed by atoms with Crippen LogP contribution in [0.5, 0.6) is 0 Å². The highest BCUT2D eigenvalue weighted by Crippen LogP contribution is 2.40. The van der Waals surface area contributed by atoms with Gasteiger partial charge in [0.1, 0.15) is 12.2 Å². The fourth-order valence-electron chi connectivity index (χ4n) is 5.73. The summed E-state index contributed by atoms with van der Waals surface area (Å²) in [6, 6.07) is 14.3. The average molecular weight is 498 g/mol. The van der Waals surface area contributed by atoms with Crippen LogP contribution in [0.4, 0.5) is 11.4 Å². The SMILES string of the molecule is Cc1cc(NCc2ccc(CN3C[C@H](O)[C@@H](O)[C@H](O)[C@H]3CO)cc2)cc(N2CCC3(CC2)COC3)c1. The van der Waals surface area contributed by atoms with Gasteiger partial charge in [0, 0.05) is 49.5 Å². The van der Waals surface area contributed by atoms with E-state index < -0.39 is 24.4 Å². The van der Waals surface area contributed by atoms with E-state index in [4.69, 9.17) is 4.74 Å². The minimum atomic E-state index is -1.24. The van der Waals surface area contributed by atoms with Gasteiger partial charge in [0.2, 0.25) is 0 Å². The summed E-state index contributed by atoms with van der Waals surface area (Å²) in [4.78, 5) is 4.31. The number of anilines is 2. The second-order valence-electron chi connectivity index (χ2n) is 10.9. The molecular formula is C28H39N3O5. The Kier molecular flexibility index (Phi) is 7.53. The summed E-state index contributed by atoms with van der Waals surface area (Å²) in [5.74, 6) is 0. The number of piperidine rings is 2. The number of aliphatic hydroxyl groups is 4. The van der Waals surface area contributed by atoms with Crippen molar-refractivity contribution in [2.75, 3.05) is 49.7 Å². The summed E-state index contributed by atoms with van der Waals surface area (Å²) in [6.45, 7) is 7.25. The number of benzene rings is 2. The summed E-state index contributed by atoms with van der Waals surface area (Å²) >= 11 is 0. The molecule has 5 rings (SSSR count). The number of hydrogen-bond acceptors (Lipinski definition) is 8. The van der Waals surface area contributed by atoms with Crippen LogP contribution in [0.3, 0.4) is 0 Å². The van der Waals surface area contributed by atoms with Crippen molar-refractivity contribution in [2.45, 2.75) is 57.2 Å². The van der Waals surface area contributed by atoms with Gasteiger partial charge in [-0.15, -0.1) is 0 Å². The molecule has 196 valence electrons. The van der Waals surface area contributed by atoms with E-state index in [1.165, 1.54) is 24.1 Å². The lowest BCUT2D eigenvalue weighted by Crippen LogP contribution is -2.62. The molecule has 3 saturated heterocycles. The smallest absolute Gasteiger partial charge is 0.109 e. The molecule has 1 spiro atoms. The van der Waals surface area contributed by atoms with Gasteiger partial charge in [-0.25, -0.2) is 0 Å². The maximum Gasteiger partial charge on any atom is 0.109 e. The van der Waals surface area contributed by atoms with Crippen molar-refractivity contribution in [3.63, 3.8) is 0 Å². The number of hydrogen-bond donors (Lipinski definition) is 5. The second-order valence-corrected chi connectivity index (χ2v) is 10.9. The Balaban J connectivity index is 1.17. The third kappa shape index (κ3) is 5.39. The summed E-state index contributed by atoms with van der Waals surface area (Å²) in [6.07, 6.45) is -1.06. The Morgan fingerprint density at radius 3 is 2.31 bits per heavy atom. The summed E-state index contributed by atoms with van der Waals surface area (Å²) in [5.41, 5.74) is 6.23. The molecule has 0 saturated carbocycles. The average Bonchev–Trinajstić information content (AvgIpc) is 2.86. The van der Waals surface area contributed by atoms with Gasteiger partial charge in [-0.05, 0) is 54.7 Å². The summed E-state index contributed by atoms with van der Waals surface area (Å²) in [5, 5.41) is 43.4. The molecule has 2 aromatic rings. The van der Waals surface area contributed by atoms with Crippen molar-refractivity contribution in [3.05, 3.63) is 59.2 Å². The van der Waals surface area contributed by atoms with Crippen LogP contribution < -0.4 is 10.2 Å². The van der Waals surface area contributed by atoms with Gasteiger partial charge in [-0.2, -0.15) is 0 Å². The Morgan fingerprint density at radius 1 is 0.972 bits per heavy atom. The molecule has 0 aliphatic carbocycles. The standard InChI is InChI=1S/C28H39N3O5/c1-19-10-22(12-23(11-19)30-8-6-28(7-9-30)17-36-18-28)29-13-20-2-4-21(5-3-20)14-31-15-25(33)27(35)26(34)24(31)16-32/h2-5,10-12,24-27,29,32-35H,6-9,13-18H2,1H3/t24-,25+,26-,27-/m1/s1. The van der Waals surface area contributed by atoms with Crippen molar-refractivity contribution < 1.29 is 25.2 Å². The molecule has 0 radical (unpaired) electrons. The molecule has 3 fully saturated rings. The predicted octanol–water partition coefficient (Wildman–Crippen LogP) is 1.48. The molecule has 0 unspecified atom stereocenters. The van der Waals surface area contributed by atoms with Crippen molar-refractivity contribution in [1.29, 1.82) is 0 Å². The summed E-state index contributed by atoms with van der Waals surface area (Å²) < 4.78 is 5.47. The minimum Gasteiger partial charge on any atom is -0.395 e. The molecule has 3 aliphatic rings. The first-order chi connectivity index (χ1) is 17.4. The number of rotatable bonds is 7. The van der Waals surface area contributed by atoms with Crippen LogP contribution in [-0.4, -0.2) is 89.1 Å². The lowest BCUT2D eigenvalue weighted by atomic mass is 9.77. The number of nitrogens with one attached hydrogen (secondary N) is 1. The molecule has 8 nitrogen and oxygen atoms in total. The Hall–Kier alpha value is -2.20. The largest absolute Gasteiger partial charge is 0.395 e. The first-order valence-electron chi connectivity index (χ1n) is 13.0. The zero-order chi connectivity index (χ0) is 25.3. The molecule has 0 amide bonds. The van der Waals surface area contributed by atoms with E-state index in [1.54, 1.807) is 0 Å². The highest BCUT2D eigenvalue weighted by atomic mass is 16.5. The maximum absolute atomic E-state index is 10.2. The maximum atomic E-state index is 10.2. The Bertz CT molecular complexity index is 1020. The third-order valence-corrected chi connectivity index (χ3v) is 8.19. The second kappa shape index (κ2) is 10.7. The molecule has 8 heteroatoms. The van der Waals surface area contributed by atoms with E-state index in [0.717, 1.165) is 43.1 Å². The monoisotopic (exact) mass is 497 g/mol. The van der Waals surface area contributed by atoms with E-state index in [9.17, 15) is 20.4 Å². The minimum absolute atomic E-state index is 0.203. The van der Waals surface area contributed by atoms with Gasteiger partial charge in [-0.1, -0.05) is 24.3 Å². The van der Waals surface area contributed by atoms with Crippen molar-refractivity contribution in [2.24, 2.45) is 5.41 Å². The van der Waals surface area contributed by atoms with Gasteiger partial charge in [0.05, 0.1) is 32.0 Å². The molecule has 3 aliphatic heterocycles. The fourth-order valence-corrected chi connectivity index (χ4v) is 5.73. The highest BCUT2D eigenvalue weighted by Gasteiger charge is 2.42. The van der Waals surface area contributed by atoms with Crippen LogP contribution in [0.15, 0.2) is 42.5 Å². The number of β-amino-alcohol motifs (C(OH)–C–C–N with tert-alkyl or cyclic N) is 1. The molecule has 3 heterocycles. The van der Waals surface area contributed by atoms with E-state index in [-0.39, 0.29) is 13.2 Å². The zero-order valence-corrected chi connectivity index (χ0v) is 21.0. The predicted molar refractivity (Wildman–Crippen MR) is 139 cm³/mol. The van der Waals surface area contributed by atoms with Crippen LogP contribution in [0.25, 0.3) is 0 Å². The quantitative estimate of drug-likeness (QED) is 0.392. The van der Waals surface area contributed by atoms with Crippen LogP contribution >= 0.6 is 0 Å². The van der Waals surface area contributed by atoms with E-state index >= 15 is 0 Å². The number of nitrogens with zero attached hydrogens (tertiary/aromatic N) is 2. The van der Waals surface area contributed by atoms with Crippen LogP contribution in [0.1, 0.15) is 29.5 Å². The van der Waals surface area contributed by atoms with E-state index in [2.05, 4.69) is 47.5 Å². The van der Waals surface area contributed by atoms with Crippen molar-refractivity contribution >= 4 is 11.4 Å². The first kappa shape index (κ1) is 25.4. The number of aliphatic hydroxyl groups excluding tert-OH is 4. The molecule has 0 aromatic heterocycles. The number of ether oxygens (including phenoxy) is 1. The van der Waals surface area contributed by atoms with Crippen LogP contribution in [0, 0.1) is 12.3 Å². The third-order valence-electron chi connectivity index (χ3n) is 8.19. The Labute approximate surface area is 213 Å². The van der Waals surface area contributed by atoms with Crippen LogP contribution in [-0.2, 0) is 17.8 Å². The highest BCUT2D eigenvalue weighted by molar-refractivity contribution is 5.60. The van der Waals surface area contributed by atoms with Gasteiger partial charge >= 0.3 is 0 Å². The van der Waals surface area contributed by atoms with Gasteiger partial charge < -0.3 is 35.4 Å². The van der Waals surface area contributed by atoms with E-state index in [0.29, 0.717) is 18.5 Å². The fraction of sp³-hybridized carbons (Fsp3) is 0.571.